The summed E-state index contributed by atoms with van der Waals surface area (Å²) in [4.78, 5) is 15.9. The minimum Gasteiger partial charge on any atom is -0.366 e. The van der Waals surface area contributed by atoms with Gasteiger partial charge in [0.25, 0.3) is 11.9 Å². The number of carbonyl (C=O) groups excluding carboxylic acids is 1. The van der Waals surface area contributed by atoms with Gasteiger partial charge in [0.1, 0.15) is 11.3 Å². The van der Waals surface area contributed by atoms with Gasteiger partial charge < -0.3 is 11.1 Å². The third-order valence-electron chi connectivity index (χ3n) is 3.84. The fraction of sp³-hybridized carbons (Fsp3) is 0.0588. The molecule has 2 heterocycles. The van der Waals surface area contributed by atoms with Crippen LogP contribution in [-0.4, -0.2) is 36.1 Å². The number of nitrogens with zero attached hydrogens (tertiary/aromatic N) is 6. The second-order valence-corrected chi connectivity index (χ2v) is 5.66. The zero-order chi connectivity index (χ0) is 18.8. The molecular formula is C17H13FN8O. The zero-order valence-electron chi connectivity index (χ0n) is 13.9. The van der Waals surface area contributed by atoms with Gasteiger partial charge in [0, 0.05) is 6.54 Å². The molecular weight excluding hydrogens is 351 g/mol. The van der Waals surface area contributed by atoms with Crippen LogP contribution >= 0.6 is 0 Å². The number of nitrogens with two attached hydrogens (primary N) is 1. The molecule has 10 heteroatoms. The van der Waals surface area contributed by atoms with Gasteiger partial charge in [-0.3, -0.25) is 4.79 Å². The first-order valence-electron chi connectivity index (χ1n) is 7.94. The van der Waals surface area contributed by atoms with Crippen LogP contribution in [0.15, 0.2) is 48.7 Å². The van der Waals surface area contributed by atoms with Crippen LogP contribution in [-0.2, 0) is 6.54 Å². The molecule has 0 unspecified atom stereocenters. The summed E-state index contributed by atoms with van der Waals surface area (Å²) in [6.07, 6.45) is 1.44. The van der Waals surface area contributed by atoms with E-state index in [1.54, 1.807) is 30.3 Å². The van der Waals surface area contributed by atoms with Crippen molar-refractivity contribution >= 4 is 22.8 Å². The van der Waals surface area contributed by atoms with E-state index in [2.05, 4.69) is 30.8 Å². The summed E-state index contributed by atoms with van der Waals surface area (Å²) >= 11 is 0. The first-order chi connectivity index (χ1) is 13.1. The van der Waals surface area contributed by atoms with Crippen LogP contribution in [0, 0.1) is 5.82 Å². The summed E-state index contributed by atoms with van der Waals surface area (Å²) < 4.78 is 14.6. The molecule has 27 heavy (non-hydrogen) atoms. The number of carbonyl (C=O) groups is 1. The largest absolute Gasteiger partial charge is 0.366 e. The van der Waals surface area contributed by atoms with Gasteiger partial charge in [-0.25, -0.2) is 4.39 Å². The molecule has 0 fully saturated rings. The van der Waals surface area contributed by atoms with Crippen LogP contribution in [0.2, 0.25) is 0 Å². The maximum atomic E-state index is 13.3. The van der Waals surface area contributed by atoms with Crippen LogP contribution in [0.1, 0.15) is 15.9 Å². The molecule has 0 bridgehead atoms. The Morgan fingerprint density at radius 3 is 2.85 bits per heavy atom. The Bertz CT molecular complexity index is 1140. The normalized spacial score (nSPS) is 10.9. The van der Waals surface area contributed by atoms with Gasteiger partial charge in [-0.05, 0) is 29.8 Å². The van der Waals surface area contributed by atoms with Crippen molar-refractivity contribution in [1.82, 2.24) is 30.2 Å². The molecule has 3 N–H and O–H groups in total. The molecule has 0 atom stereocenters. The third-order valence-corrected chi connectivity index (χ3v) is 3.84. The molecule has 2 aromatic carbocycles. The van der Waals surface area contributed by atoms with Crippen molar-refractivity contribution in [3.8, 4) is 5.95 Å². The van der Waals surface area contributed by atoms with Crippen molar-refractivity contribution < 1.29 is 9.18 Å². The zero-order valence-corrected chi connectivity index (χ0v) is 13.9. The highest BCUT2D eigenvalue weighted by molar-refractivity contribution is 6.03. The minimum absolute atomic E-state index is 0.170. The first-order valence-corrected chi connectivity index (χ1v) is 7.94. The van der Waals surface area contributed by atoms with E-state index in [0.29, 0.717) is 23.4 Å². The van der Waals surface area contributed by atoms with Crippen molar-refractivity contribution in [2.45, 2.75) is 6.54 Å². The van der Waals surface area contributed by atoms with Gasteiger partial charge in [0.2, 0.25) is 0 Å². The lowest BCUT2D eigenvalue weighted by Crippen LogP contribution is -2.11. The Morgan fingerprint density at radius 2 is 2.04 bits per heavy atom. The number of halogens is 1. The number of hydrogen-bond acceptors (Lipinski definition) is 7. The summed E-state index contributed by atoms with van der Waals surface area (Å²) in [5.41, 5.74) is 7.25. The molecule has 0 saturated heterocycles. The Morgan fingerprint density at radius 1 is 1.19 bits per heavy atom. The van der Waals surface area contributed by atoms with E-state index in [9.17, 15) is 9.18 Å². The molecule has 2 aromatic heterocycles. The van der Waals surface area contributed by atoms with E-state index in [0.717, 1.165) is 5.56 Å². The van der Waals surface area contributed by atoms with E-state index in [1.165, 1.54) is 23.0 Å². The lowest BCUT2D eigenvalue weighted by molar-refractivity contribution is 0.100. The topological polar surface area (TPSA) is 125 Å². The van der Waals surface area contributed by atoms with Crippen LogP contribution in [0.3, 0.4) is 0 Å². The number of aromatic nitrogens is 6. The van der Waals surface area contributed by atoms with Gasteiger partial charge in [-0.1, -0.05) is 23.4 Å². The quantitative estimate of drug-likeness (QED) is 0.549. The number of rotatable bonds is 5. The Kier molecular flexibility index (Phi) is 4.13. The molecule has 134 valence electrons. The average Bonchev–Trinajstić information content (AvgIpc) is 3.11. The number of benzene rings is 2. The summed E-state index contributed by atoms with van der Waals surface area (Å²) in [6, 6.07) is 11.2. The standard InChI is InChI=1S/C17H13FN8O/c18-11-4-1-3-10(7-11)8-20-14-9-21-24-17(22-14)26-13-6-2-5-12(16(19)27)15(13)23-25-26/h1-7,9H,8H2,(H2,19,27)(H,20,22,24). The monoisotopic (exact) mass is 364 g/mol. The van der Waals surface area contributed by atoms with Gasteiger partial charge >= 0.3 is 0 Å². The Hall–Kier alpha value is -3.95. The number of primary amides is 1. The second kappa shape index (κ2) is 6.75. The molecule has 1 amide bonds. The number of hydrogen-bond donors (Lipinski definition) is 2. The van der Waals surface area contributed by atoms with Gasteiger partial charge in [-0.2, -0.15) is 14.8 Å². The van der Waals surface area contributed by atoms with E-state index in [4.69, 9.17) is 5.73 Å². The smallest absolute Gasteiger partial charge is 0.274 e. The predicted molar refractivity (Wildman–Crippen MR) is 94.5 cm³/mol. The highest BCUT2D eigenvalue weighted by atomic mass is 19.1. The van der Waals surface area contributed by atoms with E-state index in [-0.39, 0.29) is 17.3 Å². The molecule has 0 aliphatic rings. The Balaban J connectivity index is 1.64. The van der Waals surface area contributed by atoms with Crippen LogP contribution in [0.4, 0.5) is 10.2 Å². The van der Waals surface area contributed by atoms with Crippen LogP contribution < -0.4 is 11.1 Å². The fourth-order valence-electron chi connectivity index (χ4n) is 2.60. The highest BCUT2D eigenvalue weighted by Gasteiger charge is 2.15. The van der Waals surface area contributed by atoms with E-state index >= 15 is 0 Å². The average molecular weight is 364 g/mol. The molecule has 0 radical (unpaired) electrons. The van der Waals surface area contributed by atoms with Crippen molar-refractivity contribution in [3.05, 3.63) is 65.6 Å². The fourth-order valence-corrected chi connectivity index (χ4v) is 2.60. The van der Waals surface area contributed by atoms with Crippen molar-refractivity contribution in [2.24, 2.45) is 5.73 Å². The highest BCUT2D eigenvalue weighted by Crippen LogP contribution is 2.18. The second-order valence-electron chi connectivity index (χ2n) is 5.66. The molecule has 0 saturated carbocycles. The SMILES string of the molecule is NC(=O)c1cccc2c1nnn2-c1nncc(NCc2cccc(F)c2)n1. The van der Waals surface area contributed by atoms with Crippen molar-refractivity contribution in [1.29, 1.82) is 0 Å². The van der Waals surface area contributed by atoms with E-state index in [1.807, 2.05) is 0 Å². The van der Waals surface area contributed by atoms with Crippen molar-refractivity contribution in [3.63, 3.8) is 0 Å². The first kappa shape index (κ1) is 16.5. The summed E-state index contributed by atoms with van der Waals surface area (Å²) in [7, 11) is 0. The molecule has 4 aromatic rings. The Labute approximate surface area is 152 Å². The molecule has 9 nitrogen and oxygen atoms in total. The number of fused-ring (bicyclic) bond motifs is 1. The lowest BCUT2D eigenvalue weighted by atomic mass is 10.2. The number of nitrogens with one attached hydrogen (secondary N) is 1. The molecule has 0 aliphatic carbocycles. The number of amides is 1. The van der Waals surface area contributed by atoms with Gasteiger partial charge in [0.15, 0.2) is 5.82 Å². The number of anilines is 1. The predicted octanol–water partition coefficient (Wildman–Crippen LogP) is 1.46. The van der Waals surface area contributed by atoms with Crippen molar-refractivity contribution in [2.75, 3.05) is 5.32 Å². The van der Waals surface area contributed by atoms with E-state index < -0.39 is 5.91 Å². The summed E-state index contributed by atoms with van der Waals surface area (Å²) in [5, 5.41) is 18.9. The van der Waals surface area contributed by atoms with Gasteiger partial charge in [0.05, 0.1) is 17.3 Å². The molecule has 4 rings (SSSR count). The van der Waals surface area contributed by atoms with Crippen LogP contribution in [0.5, 0.6) is 0 Å². The molecule has 0 aliphatic heterocycles. The third kappa shape index (κ3) is 3.27. The maximum absolute atomic E-state index is 13.3. The summed E-state index contributed by atoms with van der Waals surface area (Å²) in [5.74, 6) is -0.310. The summed E-state index contributed by atoms with van der Waals surface area (Å²) in [6.45, 7) is 0.361. The molecule has 0 spiro atoms. The minimum atomic E-state index is -0.600. The maximum Gasteiger partial charge on any atom is 0.274 e. The van der Waals surface area contributed by atoms with Gasteiger partial charge in [-0.15, -0.1) is 10.2 Å². The lowest BCUT2D eigenvalue weighted by Gasteiger charge is -2.06. The van der Waals surface area contributed by atoms with Crippen LogP contribution in [0.25, 0.3) is 17.0 Å².